The number of nitrogens with one attached hydrogen (secondary N) is 1. The second-order valence-corrected chi connectivity index (χ2v) is 5.52. The summed E-state index contributed by atoms with van der Waals surface area (Å²) in [5, 5.41) is 2.98. The van der Waals surface area contributed by atoms with E-state index in [2.05, 4.69) is 10.2 Å². The monoisotopic (exact) mass is 290 g/mol. The number of rotatable bonds is 5. The van der Waals surface area contributed by atoms with Gasteiger partial charge in [-0.1, -0.05) is 18.2 Å². The highest BCUT2D eigenvalue weighted by Crippen LogP contribution is 2.27. The van der Waals surface area contributed by atoms with Crippen LogP contribution in [0.3, 0.4) is 0 Å². The van der Waals surface area contributed by atoms with E-state index in [1.165, 1.54) is 0 Å². The minimum Gasteiger partial charge on any atom is -0.480 e. The molecule has 114 valence electrons. The van der Waals surface area contributed by atoms with Crippen LogP contribution in [0.25, 0.3) is 0 Å². The third kappa shape index (κ3) is 3.74. The molecule has 0 bridgehead atoms. The van der Waals surface area contributed by atoms with Crippen molar-refractivity contribution in [1.82, 2.24) is 10.2 Å². The Morgan fingerprint density at radius 1 is 1.29 bits per heavy atom. The molecule has 0 radical (unpaired) electrons. The van der Waals surface area contributed by atoms with Gasteiger partial charge in [0.05, 0.1) is 13.2 Å². The third-order valence-corrected chi connectivity index (χ3v) is 3.99. The smallest absolute Gasteiger partial charge is 0.261 e. The van der Waals surface area contributed by atoms with E-state index in [0.29, 0.717) is 13.0 Å². The standard InChI is InChI=1S/C16H22N2O3/c19-16(15-12-13-4-1-2-5-14(13)21-15)17-6-3-7-18-8-10-20-11-9-18/h1-2,4-5,15H,3,6-12H2,(H,17,19). The van der Waals surface area contributed by atoms with Gasteiger partial charge < -0.3 is 14.8 Å². The summed E-state index contributed by atoms with van der Waals surface area (Å²) in [5.74, 6) is 0.833. The number of para-hydroxylation sites is 1. The topological polar surface area (TPSA) is 50.8 Å². The summed E-state index contributed by atoms with van der Waals surface area (Å²) in [7, 11) is 0. The summed E-state index contributed by atoms with van der Waals surface area (Å²) in [6, 6.07) is 7.84. The Kier molecular flexibility index (Phi) is 4.72. The summed E-state index contributed by atoms with van der Waals surface area (Å²) in [6.07, 6.45) is 1.27. The Labute approximate surface area is 125 Å². The highest BCUT2D eigenvalue weighted by molar-refractivity contribution is 5.82. The number of fused-ring (bicyclic) bond motifs is 1. The Morgan fingerprint density at radius 3 is 2.90 bits per heavy atom. The zero-order chi connectivity index (χ0) is 14.5. The average Bonchev–Trinajstić information content (AvgIpc) is 2.96. The summed E-state index contributed by atoms with van der Waals surface area (Å²) < 4.78 is 11.0. The lowest BCUT2D eigenvalue weighted by Gasteiger charge is -2.26. The predicted octanol–water partition coefficient (Wildman–Crippen LogP) is 0.829. The fraction of sp³-hybridized carbons (Fsp3) is 0.562. The molecule has 1 aromatic carbocycles. The predicted molar refractivity (Wildman–Crippen MR) is 79.4 cm³/mol. The van der Waals surface area contributed by atoms with Gasteiger partial charge in [0.15, 0.2) is 6.10 Å². The molecule has 3 rings (SSSR count). The molecule has 0 aliphatic carbocycles. The molecule has 0 aromatic heterocycles. The summed E-state index contributed by atoms with van der Waals surface area (Å²) in [6.45, 7) is 5.34. The second kappa shape index (κ2) is 6.91. The Balaban J connectivity index is 1.36. The highest BCUT2D eigenvalue weighted by Gasteiger charge is 2.28. The minimum atomic E-state index is -0.370. The van der Waals surface area contributed by atoms with E-state index in [9.17, 15) is 4.79 Å². The zero-order valence-corrected chi connectivity index (χ0v) is 12.2. The van der Waals surface area contributed by atoms with E-state index in [0.717, 1.165) is 50.6 Å². The highest BCUT2D eigenvalue weighted by atomic mass is 16.5. The number of ether oxygens (including phenoxy) is 2. The number of carbonyl (C=O) groups excluding carboxylic acids is 1. The maximum Gasteiger partial charge on any atom is 0.261 e. The van der Waals surface area contributed by atoms with Crippen LogP contribution in [0.15, 0.2) is 24.3 Å². The van der Waals surface area contributed by atoms with E-state index in [-0.39, 0.29) is 12.0 Å². The van der Waals surface area contributed by atoms with Crippen LogP contribution < -0.4 is 10.1 Å². The minimum absolute atomic E-state index is 0.00632. The molecule has 5 heteroatoms. The lowest BCUT2D eigenvalue weighted by Crippen LogP contribution is -2.40. The van der Waals surface area contributed by atoms with E-state index < -0.39 is 0 Å². The molecule has 5 nitrogen and oxygen atoms in total. The third-order valence-electron chi connectivity index (χ3n) is 3.99. The van der Waals surface area contributed by atoms with E-state index in [4.69, 9.17) is 9.47 Å². The van der Waals surface area contributed by atoms with Gasteiger partial charge >= 0.3 is 0 Å². The summed E-state index contributed by atoms with van der Waals surface area (Å²) >= 11 is 0. The molecule has 1 aromatic rings. The normalized spacial score (nSPS) is 21.6. The van der Waals surface area contributed by atoms with Crippen molar-refractivity contribution in [3.63, 3.8) is 0 Å². The summed E-state index contributed by atoms with van der Waals surface area (Å²) in [4.78, 5) is 14.5. The van der Waals surface area contributed by atoms with Crippen molar-refractivity contribution in [2.75, 3.05) is 39.4 Å². The van der Waals surface area contributed by atoms with Crippen molar-refractivity contribution in [3.05, 3.63) is 29.8 Å². The number of hydrogen-bond donors (Lipinski definition) is 1. The Hall–Kier alpha value is -1.59. The van der Waals surface area contributed by atoms with Crippen molar-refractivity contribution in [1.29, 1.82) is 0 Å². The molecular weight excluding hydrogens is 268 g/mol. The first-order valence-corrected chi connectivity index (χ1v) is 7.65. The van der Waals surface area contributed by atoms with Crippen molar-refractivity contribution in [2.24, 2.45) is 0 Å². The zero-order valence-electron chi connectivity index (χ0n) is 12.2. The molecule has 1 unspecified atom stereocenters. The molecule has 2 aliphatic rings. The van der Waals surface area contributed by atoms with Crippen LogP contribution in [0.1, 0.15) is 12.0 Å². The SMILES string of the molecule is O=C(NCCCN1CCOCC1)C1Cc2ccccc2O1. The molecule has 1 amide bonds. The molecule has 2 aliphatic heterocycles. The first-order valence-electron chi connectivity index (χ1n) is 7.65. The van der Waals surface area contributed by atoms with Crippen molar-refractivity contribution in [3.8, 4) is 5.75 Å². The maximum absolute atomic E-state index is 12.1. The fourth-order valence-electron chi connectivity index (χ4n) is 2.78. The lowest BCUT2D eigenvalue weighted by atomic mass is 10.1. The van der Waals surface area contributed by atoms with Gasteiger partial charge in [-0.05, 0) is 24.6 Å². The van der Waals surface area contributed by atoms with Gasteiger partial charge in [0.1, 0.15) is 5.75 Å². The van der Waals surface area contributed by atoms with Crippen molar-refractivity contribution < 1.29 is 14.3 Å². The van der Waals surface area contributed by atoms with E-state index in [1.54, 1.807) is 0 Å². The van der Waals surface area contributed by atoms with Crippen LogP contribution >= 0.6 is 0 Å². The number of morpholine rings is 1. The molecule has 1 fully saturated rings. The number of nitrogens with zero attached hydrogens (tertiary/aromatic N) is 1. The van der Waals surface area contributed by atoms with Gasteiger partial charge in [-0.25, -0.2) is 0 Å². The van der Waals surface area contributed by atoms with E-state index in [1.807, 2.05) is 24.3 Å². The number of hydrogen-bond acceptors (Lipinski definition) is 4. The van der Waals surface area contributed by atoms with Gasteiger partial charge in [0.2, 0.25) is 0 Å². The maximum atomic E-state index is 12.1. The molecule has 0 saturated carbocycles. The molecule has 21 heavy (non-hydrogen) atoms. The Morgan fingerprint density at radius 2 is 2.10 bits per heavy atom. The van der Waals surface area contributed by atoms with Crippen LogP contribution in [0.5, 0.6) is 5.75 Å². The molecule has 1 N–H and O–H groups in total. The van der Waals surface area contributed by atoms with Gasteiger partial charge in [-0.2, -0.15) is 0 Å². The molecule has 2 heterocycles. The quantitative estimate of drug-likeness (QED) is 0.816. The van der Waals surface area contributed by atoms with Crippen LogP contribution in [0.4, 0.5) is 0 Å². The van der Waals surface area contributed by atoms with E-state index >= 15 is 0 Å². The van der Waals surface area contributed by atoms with Crippen LogP contribution in [-0.4, -0.2) is 56.3 Å². The largest absolute Gasteiger partial charge is 0.480 e. The van der Waals surface area contributed by atoms with Gasteiger partial charge in [-0.15, -0.1) is 0 Å². The van der Waals surface area contributed by atoms with Crippen LogP contribution in [0.2, 0.25) is 0 Å². The molecule has 0 spiro atoms. The Bertz CT molecular complexity index is 461. The number of benzene rings is 1. The first-order chi connectivity index (χ1) is 10.3. The molecule has 1 saturated heterocycles. The van der Waals surface area contributed by atoms with Gasteiger partial charge in [0, 0.05) is 26.1 Å². The van der Waals surface area contributed by atoms with Crippen LogP contribution in [-0.2, 0) is 16.0 Å². The fourth-order valence-corrected chi connectivity index (χ4v) is 2.78. The van der Waals surface area contributed by atoms with Crippen LogP contribution in [0, 0.1) is 0 Å². The first kappa shape index (κ1) is 14.4. The van der Waals surface area contributed by atoms with Gasteiger partial charge in [0.25, 0.3) is 5.91 Å². The number of amides is 1. The van der Waals surface area contributed by atoms with Crippen molar-refractivity contribution in [2.45, 2.75) is 18.9 Å². The molecule has 1 atom stereocenters. The molecular formula is C16H22N2O3. The number of carbonyl (C=O) groups is 1. The lowest BCUT2D eigenvalue weighted by molar-refractivity contribution is -0.127. The van der Waals surface area contributed by atoms with Gasteiger partial charge in [-0.3, -0.25) is 9.69 Å². The summed E-state index contributed by atoms with van der Waals surface area (Å²) in [5.41, 5.74) is 1.12. The second-order valence-electron chi connectivity index (χ2n) is 5.52. The average molecular weight is 290 g/mol. The van der Waals surface area contributed by atoms with Crippen molar-refractivity contribution >= 4 is 5.91 Å².